The summed E-state index contributed by atoms with van der Waals surface area (Å²) in [5, 5.41) is 8.41. The van der Waals surface area contributed by atoms with Crippen LogP contribution in [0.1, 0.15) is 0 Å². The summed E-state index contributed by atoms with van der Waals surface area (Å²) in [5.74, 6) is 0. The maximum atomic E-state index is 4.22. The Balaban J connectivity index is 1.90. The fraction of sp³-hybridized carbons (Fsp3) is 0.125. The van der Waals surface area contributed by atoms with E-state index in [4.69, 9.17) is 0 Å². The quantitative estimate of drug-likeness (QED) is 0.729. The van der Waals surface area contributed by atoms with Crippen molar-refractivity contribution in [2.45, 2.75) is 0 Å². The highest BCUT2D eigenvalue weighted by Crippen LogP contribution is 2.18. The van der Waals surface area contributed by atoms with Crippen LogP contribution in [-0.2, 0) is 0 Å². The molecule has 3 rings (SSSR count). The van der Waals surface area contributed by atoms with Gasteiger partial charge in [0.25, 0.3) is 0 Å². The lowest BCUT2D eigenvalue weighted by Gasteiger charge is -2.12. The lowest BCUT2D eigenvalue weighted by molar-refractivity contribution is 0.804. The maximum absolute atomic E-state index is 4.22. The van der Waals surface area contributed by atoms with Crippen LogP contribution in [0.2, 0.25) is 0 Å². The second kappa shape index (κ2) is 5.17. The fourth-order valence-electron chi connectivity index (χ4n) is 2.03. The number of hydrogen-bond acceptors (Lipinski definition) is 3. The maximum Gasteiger partial charge on any atom is 0.113 e. The van der Waals surface area contributed by atoms with Gasteiger partial charge in [0.2, 0.25) is 0 Å². The molecule has 0 saturated carbocycles. The zero-order valence-corrected chi connectivity index (χ0v) is 11.6. The molecule has 2 aromatic carbocycles. The minimum Gasteiger partial charge on any atom is -0.378 e. The normalized spacial score (nSPS) is 10.5. The molecule has 0 unspecified atom stereocenters. The molecule has 3 aromatic rings. The summed E-state index contributed by atoms with van der Waals surface area (Å²) in [6.07, 6.45) is 1.94. The summed E-state index contributed by atoms with van der Waals surface area (Å²) in [5.41, 5.74) is 4.12. The molecular formula is C16H16N4. The van der Waals surface area contributed by atoms with Crippen LogP contribution >= 0.6 is 0 Å². The van der Waals surface area contributed by atoms with E-state index in [0.29, 0.717) is 0 Å². The molecule has 20 heavy (non-hydrogen) atoms. The molecule has 1 heterocycles. The molecule has 1 aromatic heterocycles. The second-order valence-corrected chi connectivity index (χ2v) is 4.83. The van der Waals surface area contributed by atoms with Crippen molar-refractivity contribution in [1.29, 1.82) is 0 Å². The molecule has 4 nitrogen and oxygen atoms in total. The van der Waals surface area contributed by atoms with Gasteiger partial charge < -0.3 is 4.90 Å². The van der Waals surface area contributed by atoms with Crippen LogP contribution in [0, 0.1) is 0 Å². The van der Waals surface area contributed by atoms with Crippen molar-refractivity contribution in [3.63, 3.8) is 0 Å². The summed E-state index contributed by atoms with van der Waals surface area (Å²) >= 11 is 0. The highest BCUT2D eigenvalue weighted by molar-refractivity contribution is 5.58. The number of nitrogens with zero attached hydrogens (tertiary/aromatic N) is 4. The van der Waals surface area contributed by atoms with Gasteiger partial charge in [-0.25, -0.2) is 4.68 Å². The van der Waals surface area contributed by atoms with Crippen molar-refractivity contribution in [1.82, 2.24) is 15.0 Å². The van der Waals surface area contributed by atoms with Gasteiger partial charge in [0, 0.05) is 25.3 Å². The molecule has 0 atom stereocenters. The second-order valence-electron chi connectivity index (χ2n) is 4.83. The van der Waals surface area contributed by atoms with Gasteiger partial charge in [-0.2, -0.15) is 0 Å². The lowest BCUT2D eigenvalue weighted by atomic mass is 10.2. The number of hydrogen-bond donors (Lipinski definition) is 0. The van der Waals surface area contributed by atoms with E-state index in [1.807, 2.05) is 62.8 Å². The minimum atomic E-state index is 0.877. The largest absolute Gasteiger partial charge is 0.378 e. The van der Waals surface area contributed by atoms with Crippen LogP contribution in [0.3, 0.4) is 0 Å². The first-order valence-electron chi connectivity index (χ1n) is 6.49. The zero-order chi connectivity index (χ0) is 13.9. The summed E-state index contributed by atoms with van der Waals surface area (Å²) in [6, 6.07) is 18.3. The van der Waals surface area contributed by atoms with Gasteiger partial charge in [0.05, 0.1) is 11.9 Å². The molecule has 0 saturated heterocycles. The SMILES string of the molecule is CN(C)c1ccc(-n2cc(-c3ccccc3)nn2)cc1. The molecule has 0 fully saturated rings. The molecule has 0 aliphatic rings. The molecular weight excluding hydrogens is 248 g/mol. The standard InChI is InChI=1S/C16H16N4/c1-19(2)14-8-10-15(11-9-14)20-12-16(17-18-20)13-6-4-3-5-7-13/h3-12H,1-2H3. The predicted molar refractivity (Wildman–Crippen MR) is 81.1 cm³/mol. The van der Waals surface area contributed by atoms with Crippen LogP contribution in [0.5, 0.6) is 0 Å². The van der Waals surface area contributed by atoms with E-state index in [2.05, 4.69) is 27.3 Å². The van der Waals surface area contributed by atoms with E-state index in [1.165, 1.54) is 0 Å². The average molecular weight is 264 g/mol. The van der Waals surface area contributed by atoms with Crippen LogP contribution in [0.25, 0.3) is 16.9 Å². The van der Waals surface area contributed by atoms with Crippen molar-refractivity contribution >= 4 is 5.69 Å². The zero-order valence-electron chi connectivity index (χ0n) is 11.6. The smallest absolute Gasteiger partial charge is 0.113 e. The highest BCUT2D eigenvalue weighted by atomic mass is 15.4. The molecule has 0 amide bonds. The molecule has 0 bridgehead atoms. The highest BCUT2D eigenvalue weighted by Gasteiger charge is 2.05. The van der Waals surface area contributed by atoms with Gasteiger partial charge in [-0.3, -0.25) is 0 Å². The van der Waals surface area contributed by atoms with E-state index in [1.54, 1.807) is 4.68 Å². The van der Waals surface area contributed by atoms with Crippen molar-refractivity contribution in [2.24, 2.45) is 0 Å². The van der Waals surface area contributed by atoms with Crippen molar-refractivity contribution in [3.05, 3.63) is 60.8 Å². The Bertz CT molecular complexity index is 684. The molecule has 0 aliphatic heterocycles. The first-order valence-corrected chi connectivity index (χ1v) is 6.49. The summed E-state index contributed by atoms with van der Waals surface area (Å²) in [6.45, 7) is 0. The van der Waals surface area contributed by atoms with Crippen LogP contribution in [-0.4, -0.2) is 29.1 Å². The third-order valence-electron chi connectivity index (χ3n) is 3.19. The van der Waals surface area contributed by atoms with Crippen LogP contribution in [0.4, 0.5) is 5.69 Å². The third kappa shape index (κ3) is 2.40. The number of anilines is 1. The third-order valence-corrected chi connectivity index (χ3v) is 3.19. The minimum absolute atomic E-state index is 0.877. The van der Waals surface area contributed by atoms with Gasteiger partial charge in [0.1, 0.15) is 5.69 Å². The Kier molecular flexibility index (Phi) is 3.21. The van der Waals surface area contributed by atoms with Gasteiger partial charge in [-0.05, 0) is 24.3 Å². The van der Waals surface area contributed by atoms with Gasteiger partial charge >= 0.3 is 0 Å². The summed E-state index contributed by atoms with van der Waals surface area (Å²) < 4.78 is 1.79. The van der Waals surface area contributed by atoms with Crippen molar-refractivity contribution < 1.29 is 0 Å². The summed E-state index contributed by atoms with van der Waals surface area (Å²) in [4.78, 5) is 2.07. The van der Waals surface area contributed by atoms with Gasteiger partial charge in [0.15, 0.2) is 0 Å². The van der Waals surface area contributed by atoms with Crippen molar-refractivity contribution in [3.8, 4) is 16.9 Å². The Morgan fingerprint density at radius 2 is 1.60 bits per heavy atom. The number of rotatable bonds is 3. The van der Waals surface area contributed by atoms with E-state index in [0.717, 1.165) is 22.6 Å². The van der Waals surface area contributed by atoms with E-state index >= 15 is 0 Å². The Morgan fingerprint density at radius 1 is 0.900 bits per heavy atom. The first kappa shape index (κ1) is 12.4. The van der Waals surface area contributed by atoms with E-state index < -0.39 is 0 Å². The topological polar surface area (TPSA) is 34.0 Å². The monoisotopic (exact) mass is 264 g/mol. The fourth-order valence-corrected chi connectivity index (χ4v) is 2.03. The number of aromatic nitrogens is 3. The van der Waals surface area contributed by atoms with Gasteiger partial charge in [-0.1, -0.05) is 35.5 Å². The van der Waals surface area contributed by atoms with Crippen LogP contribution in [0.15, 0.2) is 60.8 Å². The molecule has 0 aliphatic carbocycles. The molecule has 0 spiro atoms. The Hall–Kier alpha value is -2.62. The van der Waals surface area contributed by atoms with Gasteiger partial charge in [-0.15, -0.1) is 5.10 Å². The Labute approximate surface area is 118 Å². The molecule has 100 valence electrons. The van der Waals surface area contributed by atoms with E-state index in [-0.39, 0.29) is 0 Å². The number of benzene rings is 2. The summed E-state index contributed by atoms with van der Waals surface area (Å²) in [7, 11) is 4.05. The molecule has 4 heteroatoms. The Morgan fingerprint density at radius 3 is 2.25 bits per heavy atom. The van der Waals surface area contributed by atoms with E-state index in [9.17, 15) is 0 Å². The predicted octanol–water partition coefficient (Wildman–Crippen LogP) is 3.00. The molecule has 0 radical (unpaired) electrons. The lowest BCUT2D eigenvalue weighted by Crippen LogP contribution is -2.08. The van der Waals surface area contributed by atoms with Crippen LogP contribution < -0.4 is 4.90 Å². The molecule has 0 N–H and O–H groups in total. The average Bonchev–Trinajstić information content (AvgIpc) is 2.98. The first-order chi connectivity index (χ1) is 9.74. The van der Waals surface area contributed by atoms with Crippen molar-refractivity contribution in [2.75, 3.05) is 19.0 Å².